The molecule has 0 unspecified atom stereocenters. The van der Waals surface area contributed by atoms with Crippen LogP contribution in [-0.2, 0) is 33.9 Å². The number of amides is 1. The summed E-state index contributed by atoms with van der Waals surface area (Å²) < 4.78 is 34.8. The molecule has 1 aliphatic carbocycles. The van der Waals surface area contributed by atoms with E-state index in [0.717, 1.165) is 22.9 Å². The molecule has 0 bridgehead atoms. The van der Waals surface area contributed by atoms with Gasteiger partial charge in [-0.2, -0.15) is 0 Å². The molecule has 0 spiro atoms. The van der Waals surface area contributed by atoms with Gasteiger partial charge >= 0.3 is 5.97 Å². The van der Waals surface area contributed by atoms with Crippen LogP contribution in [0.3, 0.4) is 0 Å². The van der Waals surface area contributed by atoms with Crippen LogP contribution in [0.2, 0.25) is 0 Å². The Morgan fingerprint density at radius 1 is 0.972 bits per heavy atom. The molecule has 188 valence electrons. The molecule has 0 fully saturated rings. The van der Waals surface area contributed by atoms with Crippen molar-refractivity contribution >= 4 is 21.7 Å². The number of nitrogens with one attached hydrogen (secondary N) is 1. The van der Waals surface area contributed by atoms with Crippen LogP contribution in [0.5, 0.6) is 11.5 Å². The number of ether oxygens (including phenoxy) is 2. The van der Waals surface area contributed by atoms with Crippen LogP contribution in [0.1, 0.15) is 27.0 Å². The summed E-state index contributed by atoms with van der Waals surface area (Å²) in [5.74, 6) is -0.881. The van der Waals surface area contributed by atoms with Crippen molar-refractivity contribution in [3.05, 3.63) is 89.0 Å². The number of benzene rings is 3. The van der Waals surface area contributed by atoms with Crippen molar-refractivity contribution in [2.75, 3.05) is 20.0 Å². The van der Waals surface area contributed by atoms with Gasteiger partial charge in [-0.05, 0) is 47.0 Å². The standard InChI is InChI=1S/C27H27NO7S/c1-34-23-11-10-19(15-24(23)35-13-12-18-6-5-9-22(14-18)36(2,32)33)25(29)28-27(26(30)31)16-20-7-3-4-8-21(20)17-27/h3-11,14-15H,12-13,16-17H2,1-2H3,(H,28,29)(H,30,31). The Kier molecular flexibility index (Phi) is 7.03. The molecule has 0 aromatic heterocycles. The van der Waals surface area contributed by atoms with E-state index in [0.29, 0.717) is 17.9 Å². The smallest absolute Gasteiger partial charge is 0.330 e. The summed E-state index contributed by atoms with van der Waals surface area (Å²) in [4.78, 5) is 25.5. The first-order valence-corrected chi connectivity index (χ1v) is 13.2. The number of hydrogen-bond acceptors (Lipinski definition) is 6. The van der Waals surface area contributed by atoms with Gasteiger partial charge in [-0.1, -0.05) is 36.4 Å². The first-order valence-electron chi connectivity index (χ1n) is 11.3. The van der Waals surface area contributed by atoms with E-state index in [1.54, 1.807) is 24.3 Å². The summed E-state index contributed by atoms with van der Waals surface area (Å²) in [6.07, 6.45) is 2.00. The van der Waals surface area contributed by atoms with Crippen LogP contribution in [0.4, 0.5) is 0 Å². The van der Waals surface area contributed by atoms with E-state index < -0.39 is 27.3 Å². The summed E-state index contributed by atoms with van der Waals surface area (Å²) in [6, 6.07) is 18.7. The van der Waals surface area contributed by atoms with Gasteiger partial charge < -0.3 is 19.9 Å². The van der Waals surface area contributed by atoms with Crippen LogP contribution >= 0.6 is 0 Å². The number of hydrogen-bond donors (Lipinski definition) is 2. The van der Waals surface area contributed by atoms with Crippen LogP contribution in [0, 0.1) is 0 Å². The third-order valence-electron chi connectivity index (χ3n) is 6.27. The second kappa shape index (κ2) is 10.0. The highest BCUT2D eigenvalue weighted by Crippen LogP contribution is 2.32. The minimum atomic E-state index is -3.31. The molecule has 0 heterocycles. The molecule has 3 aromatic rings. The maximum Gasteiger partial charge on any atom is 0.330 e. The molecule has 0 saturated carbocycles. The van der Waals surface area contributed by atoms with Gasteiger partial charge in [0, 0.05) is 31.1 Å². The summed E-state index contributed by atoms with van der Waals surface area (Å²) >= 11 is 0. The second-order valence-corrected chi connectivity index (χ2v) is 10.9. The third-order valence-corrected chi connectivity index (χ3v) is 7.38. The van der Waals surface area contributed by atoms with Gasteiger partial charge in [0.05, 0.1) is 18.6 Å². The molecule has 36 heavy (non-hydrogen) atoms. The van der Waals surface area contributed by atoms with Crippen molar-refractivity contribution in [2.45, 2.75) is 29.7 Å². The van der Waals surface area contributed by atoms with E-state index in [4.69, 9.17) is 9.47 Å². The SMILES string of the molecule is COc1ccc(C(=O)NC2(C(=O)O)Cc3ccccc3C2)cc1OCCc1cccc(S(C)(=O)=O)c1. The number of carbonyl (C=O) groups excluding carboxylic acids is 1. The molecule has 1 aliphatic rings. The zero-order valence-electron chi connectivity index (χ0n) is 20.0. The van der Waals surface area contributed by atoms with Crippen molar-refractivity contribution in [2.24, 2.45) is 0 Å². The summed E-state index contributed by atoms with van der Waals surface area (Å²) in [5, 5.41) is 12.7. The normalized spacial score (nSPS) is 14.1. The van der Waals surface area contributed by atoms with Gasteiger partial charge in [0.1, 0.15) is 5.54 Å². The van der Waals surface area contributed by atoms with E-state index in [1.807, 2.05) is 30.3 Å². The van der Waals surface area contributed by atoms with Gasteiger partial charge in [-0.3, -0.25) is 4.79 Å². The second-order valence-electron chi connectivity index (χ2n) is 8.85. The molecular weight excluding hydrogens is 482 g/mol. The molecule has 0 atom stereocenters. The van der Waals surface area contributed by atoms with Crippen molar-refractivity contribution < 1.29 is 32.6 Å². The highest BCUT2D eigenvalue weighted by Gasteiger charge is 2.45. The molecule has 8 nitrogen and oxygen atoms in total. The fourth-order valence-corrected chi connectivity index (χ4v) is 5.03. The van der Waals surface area contributed by atoms with Gasteiger partial charge in [0.2, 0.25) is 0 Å². The van der Waals surface area contributed by atoms with E-state index >= 15 is 0 Å². The van der Waals surface area contributed by atoms with Crippen LogP contribution < -0.4 is 14.8 Å². The van der Waals surface area contributed by atoms with Gasteiger partial charge in [-0.25, -0.2) is 13.2 Å². The van der Waals surface area contributed by atoms with E-state index in [1.165, 1.54) is 19.2 Å². The topological polar surface area (TPSA) is 119 Å². The highest BCUT2D eigenvalue weighted by molar-refractivity contribution is 7.90. The zero-order chi connectivity index (χ0) is 25.9. The number of aliphatic carboxylic acids is 1. The van der Waals surface area contributed by atoms with Gasteiger partial charge in [-0.15, -0.1) is 0 Å². The van der Waals surface area contributed by atoms with Crippen LogP contribution in [0.25, 0.3) is 0 Å². The molecule has 0 radical (unpaired) electrons. The maximum absolute atomic E-state index is 13.1. The third kappa shape index (κ3) is 5.36. The Balaban J connectivity index is 1.48. The molecular formula is C27H27NO7S. The zero-order valence-corrected chi connectivity index (χ0v) is 20.8. The summed E-state index contributed by atoms with van der Waals surface area (Å²) in [5.41, 5.74) is 1.40. The Labute approximate surface area is 209 Å². The first-order chi connectivity index (χ1) is 17.1. The average Bonchev–Trinajstić information content (AvgIpc) is 3.23. The van der Waals surface area contributed by atoms with Gasteiger partial charge in [0.25, 0.3) is 5.91 Å². The van der Waals surface area contributed by atoms with Crippen LogP contribution in [-0.4, -0.2) is 50.9 Å². The minimum Gasteiger partial charge on any atom is -0.493 e. The quantitative estimate of drug-likeness (QED) is 0.455. The molecule has 2 N–H and O–H groups in total. The number of fused-ring (bicyclic) bond motifs is 1. The van der Waals surface area contributed by atoms with Crippen molar-refractivity contribution in [3.63, 3.8) is 0 Å². The monoisotopic (exact) mass is 509 g/mol. The Morgan fingerprint density at radius 3 is 2.28 bits per heavy atom. The number of carboxylic acids is 1. The number of carbonyl (C=O) groups is 2. The lowest BCUT2D eigenvalue weighted by molar-refractivity contribution is -0.144. The predicted octanol–water partition coefficient (Wildman–Crippen LogP) is 3.07. The van der Waals surface area contributed by atoms with E-state index in [2.05, 4.69) is 5.32 Å². The molecule has 0 aliphatic heterocycles. The lowest BCUT2D eigenvalue weighted by atomic mass is 9.95. The lowest BCUT2D eigenvalue weighted by Gasteiger charge is -2.25. The van der Waals surface area contributed by atoms with Gasteiger partial charge in [0.15, 0.2) is 21.3 Å². The maximum atomic E-state index is 13.1. The Morgan fingerprint density at radius 2 is 1.67 bits per heavy atom. The lowest BCUT2D eigenvalue weighted by Crippen LogP contribution is -2.55. The van der Waals surface area contributed by atoms with Crippen molar-refractivity contribution in [3.8, 4) is 11.5 Å². The molecule has 4 rings (SSSR count). The largest absolute Gasteiger partial charge is 0.493 e. The highest BCUT2D eigenvalue weighted by atomic mass is 32.2. The Hall–Kier alpha value is -3.85. The predicted molar refractivity (Wildman–Crippen MR) is 133 cm³/mol. The molecule has 3 aromatic carbocycles. The van der Waals surface area contributed by atoms with E-state index in [-0.39, 0.29) is 29.9 Å². The van der Waals surface area contributed by atoms with Crippen molar-refractivity contribution in [1.82, 2.24) is 5.32 Å². The number of carboxylic acid groups (broad SMARTS) is 1. The average molecular weight is 510 g/mol. The number of rotatable bonds is 9. The fraction of sp³-hybridized carbons (Fsp3) is 0.259. The summed E-state index contributed by atoms with van der Waals surface area (Å²) in [6.45, 7) is 0.211. The summed E-state index contributed by atoms with van der Waals surface area (Å²) in [7, 11) is -1.84. The molecule has 9 heteroatoms. The fourth-order valence-electron chi connectivity index (χ4n) is 4.34. The number of sulfone groups is 1. The first kappa shape index (κ1) is 25.2. The molecule has 1 amide bonds. The molecule has 0 saturated heterocycles. The van der Waals surface area contributed by atoms with Crippen molar-refractivity contribution in [1.29, 1.82) is 0 Å². The van der Waals surface area contributed by atoms with Crippen LogP contribution in [0.15, 0.2) is 71.6 Å². The van der Waals surface area contributed by atoms with E-state index in [9.17, 15) is 23.1 Å². The number of methoxy groups -OCH3 is 1. The Bertz CT molecular complexity index is 1390. The minimum absolute atomic E-state index is 0.205.